The Morgan fingerprint density at radius 2 is 1.95 bits per heavy atom. The first kappa shape index (κ1) is 16.9. The minimum atomic E-state index is -3.50. The molecule has 0 fully saturated rings. The monoisotopic (exact) mass is 300 g/mol. The van der Waals surface area contributed by atoms with Crippen molar-refractivity contribution >= 4 is 15.7 Å². The van der Waals surface area contributed by atoms with Crippen LogP contribution in [-0.4, -0.2) is 28.2 Å². The van der Waals surface area contributed by atoms with Crippen molar-refractivity contribution in [3.63, 3.8) is 0 Å². The van der Waals surface area contributed by atoms with Crippen molar-refractivity contribution in [1.82, 2.24) is 4.72 Å². The molecule has 114 valence electrons. The number of unbranched alkanes of at least 4 members (excludes halogenated alkanes) is 1. The lowest BCUT2D eigenvalue weighted by Gasteiger charge is -2.10. The number of hydrogen-bond donors (Lipinski definition) is 2. The summed E-state index contributed by atoms with van der Waals surface area (Å²) in [6.07, 6.45) is 2.79. The molecule has 6 heteroatoms. The lowest BCUT2D eigenvalue weighted by molar-refractivity contribution is 0.130. The van der Waals surface area contributed by atoms with Gasteiger partial charge in [-0.05, 0) is 37.5 Å². The van der Waals surface area contributed by atoms with Crippen molar-refractivity contribution in [2.45, 2.75) is 38.0 Å². The third kappa shape index (κ3) is 5.11. The molecule has 5 nitrogen and oxygen atoms in total. The predicted molar refractivity (Wildman–Crippen MR) is 81.1 cm³/mol. The number of rotatable bonds is 9. The zero-order valence-electron chi connectivity index (χ0n) is 12.2. The Bertz CT molecular complexity index is 515. The van der Waals surface area contributed by atoms with Crippen LogP contribution in [0.25, 0.3) is 0 Å². The third-order valence-corrected chi connectivity index (χ3v) is 4.62. The summed E-state index contributed by atoms with van der Waals surface area (Å²) in [5.41, 5.74) is 6.79. The van der Waals surface area contributed by atoms with Crippen molar-refractivity contribution in [3.8, 4) is 0 Å². The third-order valence-electron chi connectivity index (χ3n) is 3.02. The first-order chi connectivity index (χ1) is 9.49. The zero-order valence-corrected chi connectivity index (χ0v) is 13.0. The fourth-order valence-corrected chi connectivity index (χ4v) is 3.08. The molecule has 20 heavy (non-hydrogen) atoms. The number of anilines is 1. The molecule has 0 aliphatic heterocycles. The lowest BCUT2D eigenvalue weighted by Crippen LogP contribution is -2.26. The molecule has 1 rings (SSSR count). The Labute approximate surface area is 121 Å². The standard InChI is InChI=1S/C14H24N2O3S/c1-3-4-10-19-11-6-9-16-20(17,18)14-8-5-7-13(15)12(14)2/h5,7-8,16H,3-4,6,9-11,15H2,1-2H3. The van der Waals surface area contributed by atoms with E-state index in [0.29, 0.717) is 30.8 Å². The molecule has 0 spiro atoms. The first-order valence-electron chi connectivity index (χ1n) is 6.91. The van der Waals surface area contributed by atoms with Gasteiger partial charge in [-0.2, -0.15) is 0 Å². The molecule has 3 N–H and O–H groups in total. The van der Waals surface area contributed by atoms with E-state index >= 15 is 0 Å². The highest BCUT2D eigenvalue weighted by atomic mass is 32.2. The lowest BCUT2D eigenvalue weighted by atomic mass is 10.2. The molecule has 1 aromatic rings. The topological polar surface area (TPSA) is 81.4 Å². The van der Waals surface area contributed by atoms with E-state index in [-0.39, 0.29) is 4.90 Å². The molecule has 0 bridgehead atoms. The molecular formula is C14H24N2O3S. The summed E-state index contributed by atoms with van der Waals surface area (Å²) in [7, 11) is -3.50. The second-order valence-electron chi connectivity index (χ2n) is 4.69. The Kier molecular flexibility index (Phi) is 6.98. The van der Waals surface area contributed by atoms with E-state index in [1.165, 1.54) is 0 Å². The smallest absolute Gasteiger partial charge is 0.240 e. The van der Waals surface area contributed by atoms with Crippen LogP contribution in [0.3, 0.4) is 0 Å². The quantitative estimate of drug-likeness (QED) is 0.540. The van der Waals surface area contributed by atoms with Gasteiger partial charge in [-0.15, -0.1) is 0 Å². The Morgan fingerprint density at radius 1 is 1.25 bits per heavy atom. The van der Waals surface area contributed by atoms with Crippen LogP contribution < -0.4 is 10.5 Å². The van der Waals surface area contributed by atoms with Gasteiger partial charge in [-0.1, -0.05) is 19.4 Å². The highest BCUT2D eigenvalue weighted by molar-refractivity contribution is 7.89. The second kappa shape index (κ2) is 8.24. The van der Waals surface area contributed by atoms with E-state index in [4.69, 9.17) is 10.5 Å². The van der Waals surface area contributed by atoms with Gasteiger partial charge in [0.25, 0.3) is 0 Å². The summed E-state index contributed by atoms with van der Waals surface area (Å²) in [5.74, 6) is 0. The largest absolute Gasteiger partial charge is 0.398 e. The van der Waals surface area contributed by atoms with Gasteiger partial charge in [0.15, 0.2) is 0 Å². The van der Waals surface area contributed by atoms with Gasteiger partial charge in [0, 0.05) is 25.4 Å². The fraction of sp³-hybridized carbons (Fsp3) is 0.571. The molecule has 0 aliphatic carbocycles. The molecule has 0 saturated carbocycles. The average Bonchev–Trinajstić information content (AvgIpc) is 2.40. The van der Waals surface area contributed by atoms with Gasteiger partial charge >= 0.3 is 0 Å². The molecular weight excluding hydrogens is 276 g/mol. The number of ether oxygens (including phenoxy) is 1. The van der Waals surface area contributed by atoms with Gasteiger partial charge in [-0.3, -0.25) is 0 Å². The maximum Gasteiger partial charge on any atom is 0.240 e. The van der Waals surface area contributed by atoms with Crippen LogP contribution in [0, 0.1) is 6.92 Å². The maximum absolute atomic E-state index is 12.1. The molecule has 0 saturated heterocycles. The summed E-state index contributed by atoms with van der Waals surface area (Å²) < 4.78 is 32.2. The normalized spacial score (nSPS) is 11.7. The molecule has 0 atom stereocenters. The van der Waals surface area contributed by atoms with Crippen LogP contribution in [0.1, 0.15) is 31.7 Å². The van der Waals surface area contributed by atoms with E-state index < -0.39 is 10.0 Å². The van der Waals surface area contributed by atoms with Crippen molar-refractivity contribution in [2.24, 2.45) is 0 Å². The molecule has 0 radical (unpaired) electrons. The SMILES string of the molecule is CCCCOCCCNS(=O)(=O)c1cccc(N)c1C. The van der Waals surface area contributed by atoms with Crippen LogP contribution in [0.5, 0.6) is 0 Å². The molecule has 0 amide bonds. The summed E-state index contributed by atoms with van der Waals surface area (Å²) in [6, 6.07) is 4.90. The summed E-state index contributed by atoms with van der Waals surface area (Å²) in [5, 5.41) is 0. The summed E-state index contributed by atoms with van der Waals surface area (Å²) >= 11 is 0. The zero-order chi connectivity index (χ0) is 15.0. The minimum Gasteiger partial charge on any atom is -0.398 e. The van der Waals surface area contributed by atoms with Crippen LogP contribution >= 0.6 is 0 Å². The summed E-state index contributed by atoms with van der Waals surface area (Å²) in [6.45, 7) is 5.47. The van der Waals surface area contributed by atoms with E-state index in [9.17, 15) is 8.42 Å². The highest BCUT2D eigenvalue weighted by Gasteiger charge is 2.16. The van der Waals surface area contributed by atoms with Crippen LogP contribution in [0.2, 0.25) is 0 Å². The number of sulfonamides is 1. The number of nitrogen functional groups attached to an aromatic ring is 1. The minimum absolute atomic E-state index is 0.240. The second-order valence-corrected chi connectivity index (χ2v) is 6.42. The molecule has 1 aromatic carbocycles. The van der Waals surface area contributed by atoms with Crippen LogP contribution in [-0.2, 0) is 14.8 Å². The van der Waals surface area contributed by atoms with E-state index in [1.54, 1.807) is 25.1 Å². The van der Waals surface area contributed by atoms with Crippen LogP contribution in [0.4, 0.5) is 5.69 Å². The van der Waals surface area contributed by atoms with E-state index in [1.807, 2.05) is 0 Å². The molecule has 0 unspecified atom stereocenters. The van der Waals surface area contributed by atoms with Crippen molar-refractivity contribution < 1.29 is 13.2 Å². The van der Waals surface area contributed by atoms with Gasteiger partial charge < -0.3 is 10.5 Å². The highest BCUT2D eigenvalue weighted by Crippen LogP contribution is 2.19. The van der Waals surface area contributed by atoms with Crippen molar-refractivity contribution in [2.75, 3.05) is 25.5 Å². The number of hydrogen-bond acceptors (Lipinski definition) is 4. The van der Waals surface area contributed by atoms with Gasteiger partial charge in [0.1, 0.15) is 0 Å². The van der Waals surface area contributed by atoms with E-state index in [2.05, 4.69) is 11.6 Å². The predicted octanol–water partition coefficient (Wildman–Crippen LogP) is 2.06. The number of nitrogens with one attached hydrogen (secondary N) is 1. The fourth-order valence-electron chi connectivity index (χ4n) is 1.73. The summed E-state index contributed by atoms with van der Waals surface area (Å²) in [4.78, 5) is 0.240. The van der Waals surface area contributed by atoms with Crippen molar-refractivity contribution in [1.29, 1.82) is 0 Å². The average molecular weight is 300 g/mol. The number of benzene rings is 1. The van der Waals surface area contributed by atoms with E-state index in [0.717, 1.165) is 19.4 Å². The molecule has 0 heterocycles. The van der Waals surface area contributed by atoms with Gasteiger partial charge in [-0.25, -0.2) is 13.1 Å². The first-order valence-corrected chi connectivity index (χ1v) is 8.40. The number of nitrogens with two attached hydrogens (primary N) is 1. The molecule has 0 aromatic heterocycles. The Balaban J connectivity index is 2.44. The Morgan fingerprint density at radius 3 is 2.65 bits per heavy atom. The maximum atomic E-state index is 12.1. The van der Waals surface area contributed by atoms with Gasteiger partial charge in [0.2, 0.25) is 10.0 Å². The van der Waals surface area contributed by atoms with Gasteiger partial charge in [0.05, 0.1) is 4.90 Å². The molecule has 0 aliphatic rings. The Hall–Kier alpha value is -1.11. The van der Waals surface area contributed by atoms with Crippen molar-refractivity contribution in [3.05, 3.63) is 23.8 Å². The van der Waals surface area contributed by atoms with Crippen LogP contribution in [0.15, 0.2) is 23.1 Å².